The van der Waals surface area contributed by atoms with E-state index in [1.165, 1.54) is 7.11 Å². The zero-order chi connectivity index (χ0) is 15.9. The molecule has 0 saturated carbocycles. The summed E-state index contributed by atoms with van der Waals surface area (Å²) >= 11 is 0. The molecule has 22 heavy (non-hydrogen) atoms. The van der Waals surface area contributed by atoms with Gasteiger partial charge in [-0.1, -0.05) is 24.1 Å². The van der Waals surface area contributed by atoms with E-state index < -0.39 is 18.1 Å². The normalized spacial score (nSPS) is 11.5. The van der Waals surface area contributed by atoms with Gasteiger partial charge in [-0.05, 0) is 11.6 Å². The molecule has 6 heteroatoms. The molecule has 114 valence electrons. The van der Waals surface area contributed by atoms with Crippen molar-refractivity contribution in [1.82, 2.24) is 10.3 Å². The molecular weight excluding hydrogens is 284 g/mol. The molecule has 1 amide bonds. The molecule has 0 aliphatic rings. The molecule has 0 saturated heterocycles. The molecule has 2 aromatic rings. The lowest BCUT2D eigenvalue weighted by Gasteiger charge is -2.15. The van der Waals surface area contributed by atoms with Gasteiger partial charge in [-0.15, -0.1) is 6.42 Å². The van der Waals surface area contributed by atoms with Crippen LogP contribution in [0.5, 0.6) is 0 Å². The summed E-state index contributed by atoms with van der Waals surface area (Å²) in [6.45, 7) is -0.160. The molecule has 0 radical (unpaired) electrons. The highest BCUT2D eigenvalue weighted by molar-refractivity contribution is 5.86. The summed E-state index contributed by atoms with van der Waals surface area (Å²) in [6, 6.07) is 6.83. The van der Waals surface area contributed by atoms with Gasteiger partial charge in [-0.2, -0.15) is 0 Å². The summed E-state index contributed by atoms with van der Waals surface area (Å²) in [6.07, 6.45) is 6.34. The second-order valence-corrected chi connectivity index (χ2v) is 4.56. The third kappa shape index (κ3) is 3.58. The van der Waals surface area contributed by atoms with Crippen molar-refractivity contribution < 1.29 is 19.1 Å². The Labute approximate surface area is 127 Å². The molecule has 2 rings (SSSR count). The number of nitrogens with one attached hydrogen (secondary N) is 2. The summed E-state index contributed by atoms with van der Waals surface area (Å²) in [4.78, 5) is 26.5. The van der Waals surface area contributed by atoms with E-state index >= 15 is 0 Å². The van der Waals surface area contributed by atoms with Crippen LogP contribution in [-0.4, -0.2) is 36.8 Å². The zero-order valence-corrected chi connectivity index (χ0v) is 12.1. The lowest BCUT2D eigenvalue weighted by Crippen LogP contribution is -2.43. The maximum Gasteiger partial charge on any atom is 0.408 e. The van der Waals surface area contributed by atoms with Crippen LogP contribution in [0.25, 0.3) is 10.9 Å². The molecule has 2 N–H and O–H groups in total. The van der Waals surface area contributed by atoms with Crippen LogP contribution < -0.4 is 5.32 Å². The summed E-state index contributed by atoms with van der Waals surface area (Å²) in [5, 5.41) is 3.44. The van der Waals surface area contributed by atoms with Crippen molar-refractivity contribution in [1.29, 1.82) is 0 Å². The zero-order valence-electron chi connectivity index (χ0n) is 12.1. The Balaban J connectivity index is 2.14. The summed E-state index contributed by atoms with van der Waals surface area (Å²) < 4.78 is 9.44. The Hall–Kier alpha value is -2.94. The number of terminal acetylenes is 1. The summed E-state index contributed by atoms with van der Waals surface area (Å²) in [5.74, 6) is 1.63. The van der Waals surface area contributed by atoms with E-state index in [-0.39, 0.29) is 13.0 Å². The SMILES string of the molecule is C#CCOC(=O)N[C@@H](Cc1c[nH]c2ccccc12)C(=O)OC. The average molecular weight is 300 g/mol. The first-order chi connectivity index (χ1) is 10.7. The average Bonchev–Trinajstić information content (AvgIpc) is 2.94. The van der Waals surface area contributed by atoms with Crippen molar-refractivity contribution in [3.8, 4) is 12.3 Å². The first-order valence-electron chi connectivity index (χ1n) is 6.65. The third-order valence-electron chi connectivity index (χ3n) is 3.16. The van der Waals surface area contributed by atoms with Gasteiger partial charge in [-0.25, -0.2) is 9.59 Å². The van der Waals surface area contributed by atoms with Crippen molar-refractivity contribution in [2.24, 2.45) is 0 Å². The molecule has 1 aromatic carbocycles. The highest BCUT2D eigenvalue weighted by Crippen LogP contribution is 2.19. The minimum atomic E-state index is -0.852. The van der Waals surface area contributed by atoms with Crippen LogP contribution in [0.2, 0.25) is 0 Å². The van der Waals surface area contributed by atoms with E-state index in [1.807, 2.05) is 24.3 Å². The quantitative estimate of drug-likeness (QED) is 0.649. The van der Waals surface area contributed by atoms with E-state index in [0.717, 1.165) is 16.5 Å². The first-order valence-corrected chi connectivity index (χ1v) is 6.65. The molecular formula is C16H16N2O4. The van der Waals surface area contributed by atoms with Crippen molar-refractivity contribution in [2.75, 3.05) is 13.7 Å². The molecule has 0 bridgehead atoms. The number of para-hydroxylation sites is 1. The Bertz CT molecular complexity index is 714. The standard InChI is InChI=1S/C16H16N2O4/c1-3-8-22-16(20)18-14(15(19)21-2)9-11-10-17-13-7-5-4-6-12(11)13/h1,4-7,10,14,17H,8-9H2,2H3,(H,18,20)/t14-/m0/s1. The van der Waals surface area contributed by atoms with Gasteiger partial charge in [0, 0.05) is 23.5 Å². The van der Waals surface area contributed by atoms with Crippen LogP contribution in [0.1, 0.15) is 5.56 Å². The highest BCUT2D eigenvalue weighted by atomic mass is 16.6. The predicted molar refractivity (Wildman–Crippen MR) is 81.1 cm³/mol. The molecule has 0 unspecified atom stereocenters. The number of methoxy groups -OCH3 is 1. The van der Waals surface area contributed by atoms with Crippen LogP contribution in [0.15, 0.2) is 30.5 Å². The fourth-order valence-corrected chi connectivity index (χ4v) is 2.15. The number of fused-ring (bicyclic) bond motifs is 1. The monoisotopic (exact) mass is 300 g/mol. The molecule has 0 aliphatic carbocycles. The van der Waals surface area contributed by atoms with Crippen molar-refractivity contribution >= 4 is 23.0 Å². The highest BCUT2D eigenvalue weighted by Gasteiger charge is 2.23. The number of alkyl carbamates (subject to hydrolysis) is 1. The molecule has 0 spiro atoms. The van der Waals surface area contributed by atoms with E-state index in [9.17, 15) is 9.59 Å². The number of H-pyrrole nitrogens is 1. The number of rotatable bonds is 5. The Morgan fingerprint density at radius 3 is 2.91 bits per heavy atom. The van der Waals surface area contributed by atoms with Crippen LogP contribution >= 0.6 is 0 Å². The third-order valence-corrected chi connectivity index (χ3v) is 3.16. The molecule has 0 aliphatic heterocycles. The Kier molecular flexibility index (Phi) is 5.04. The molecule has 1 aromatic heterocycles. The van der Waals surface area contributed by atoms with E-state index in [4.69, 9.17) is 15.9 Å². The summed E-state index contributed by atoms with van der Waals surface area (Å²) in [5.41, 5.74) is 1.85. The smallest absolute Gasteiger partial charge is 0.408 e. The molecule has 1 atom stereocenters. The van der Waals surface area contributed by atoms with Crippen molar-refractivity contribution in [3.63, 3.8) is 0 Å². The van der Waals surface area contributed by atoms with Crippen LogP contribution in [0.3, 0.4) is 0 Å². The number of benzene rings is 1. The van der Waals surface area contributed by atoms with Gasteiger partial charge < -0.3 is 19.8 Å². The second kappa shape index (κ2) is 7.18. The maximum absolute atomic E-state index is 11.8. The Morgan fingerprint density at radius 2 is 2.18 bits per heavy atom. The number of amides is 1. The van der Waals surface area contributed by atoms with Gasteiger partial charge in [0.2, 0.25) is 0 Å². The van der Waals surface area contributed by atoms with Crippen LogP contribution in [0, 0.1) is 12.3 Å². The number of aromatic nitrogens is 1. The maximum atomic E-state index is 11.8. The van der Waals surface area contributed by atoms with E-state index in [1.54, 1.807) is 6.20 Å². The van der Waals surface area contributed by atoms with Gasteiger partial charge in [-0.3, -0.25) is 0 Å². The topological polar surface area (TPSA) is 80.4 Å². The number of aromatic amines is 1. The fraction of sp³-hybridized carbons (Fsp3) is 0.250. The number of carbonyl (C=O) groups excluding carboxylic acids is 2. The number of ether oxygens (including phenoxy) is 2. The van der Waals surface area contributed by atoms with Gasteiger partial charge >= 0.3 is 12.1 Å². The van der Waals surface area contributed by atoms with E-state index in [0.29, 0.717) is 0 Å². The first kappa shape index (κ1) is 15.4. The second-order valence-electron chi connectivity index (χ2n) is 4.56. The van der Waals surface area contributed by atoms with Crippen molar-refractivity contribution in [3.05, 3.63) is 36.0 Å². The lowest BCUT2D eigenvalue weighted by atomic mass is 10.1. The molecule has 6 nitrogen and oxygen atoms in total. The van der Waals surface area contributed by atoms with Crippen LogP contribution in [-0.2, 0) is 20.7 Å². The van der Waals surface area contributed by atoms with Gasteiger partial charge in [0.05, 0.1) is 7.11 Å². The number of hydrogen-bond donors (Lipinski definition) is 2. The number of hydrogen-bond acceptors (Lipinski definition) is 4. The molecule has 0 fully saturated rings. The van der Waals surface area contributed by atoms with E-state index in [2.05, 4.69) is 16.2 Å². The predicted octanol–water partition coefficient (Wildman–Crippen LogP) is 1.61. The fourth-order valence-electron chi connectivity index (χ4n) is 2.15. The largest absolute Gasteiger partial charge is 0.467 e. The lowest BCUT2D eigenvalue weighted by molar-refractivity contribution is -0.142. The number of carbonyl (C=O) groups is 2. The summed E-state index contributed by atoms with van der Waals surface area (Å²) in [7, 11) is 1.26. The number of esters is 1. The molecule has 1 heterocycles. The van der Waals surface area contributed by atoms with Crippen molar-refractivity contribution in [2.45, 2.75) is 12.5 Å². The van der Waals surface area contributed by atoms with Gasteiger partial charge in [0.25, 0.3) is 0 Å². The van der Waals surface area contributed by atoms with Crippen LogP contribution in [0.4, 0.5) is 4.79 Å². The van der Waals surface area contributed by atoms with Gasteiger partial charge in [0.15, 0.2) is 6.61 Å². The van der Waals surface area contributed by atoms with Gasteiger partial charge in [0.1, 0.15) is 6.04 Å². The minimum Gasteiger partial charge on any atom is -0.467 e. The minimum absolute atomic E-state index is 0.160. The Morgan fingerprint density at radius 1 is 1.41 bits per heavy atom.